The van der Waals surface area contributed by atoms with Crippen LogP contribution < -0.4 is 10.6 Å². The van der Waals surface area contributed by atoms with Gasteiger partial charge in [0.2, 0.25) is 0 Å². The first-order valence-corrected chi connectivity index (χ1v) is 9.77. The van der Waals surface area contributed by atoms with Crippen molar-refractivity contribution < 1.29 is 19.4 Å². The van der Waals surface area contributed by atoms with Crippen LogP contribution in [0, 0.1) is 5.92 Å². The van der Waals surface area contributed by atoms with Gasteiger partial charge in [-0.25, -0.2) is 4.79 Å². The zero-order valence-corrected chi connectivity index (χ0v) is 17.1. The number of aromatic nitrogens is 1. The summed E-state index contributed by atoms with van der Waals surface area (Å²) in [5.74, 6) is 0.283. The summed E-state index contributed by atoms with van der Waals surface area (Å²) >= 11 is 0. The van der Waals surface area contributed by atoms with Crippen molar-refractivity contribution in [1.82, 2.24) is 15.6 Å². The van der Waals surface area contributed by atoms with E-state index in [1.165, 1.54) is 12.1 Å². The largest absolute Gasteiger partial charge is 0.508 e. The number of carbonyl (C=O) groups is 2. The predicted octanol–water partition coefficient (Wildman–Crippen LogP) is 3.42. The number of rotatable bonds is 9. The van der Waals surface area contributed by atoms with E-state index in [-0.39, 0.29) is 24.3 Å². The van der Waals surface area contributed by atoms with Crippen LogP contribution in [0.1, 0.15) is 48.7 Å². The van der Waals surface area contributed by atoms with Crippen molar-refractivity contribution in [3.63, 3.8) is 0 Å². The van der Waals surface area contributed by atoms with Crippen LogP contribution in [0.3, 0.4) is 0 Å². The monoisotopic (exact) mass is 399 g/mol. The minimum atomic E-state index is -0.531. The molecule has 0 aliphatic rings. The van der Waals surface area contributed by atoms with E-state index in [0.29, 0.717) is 24.4 Å². The van der Waals surface area contributed by atoms with E-state index in [0.717, 1.165) is 17.5 Å². The van der Waals surface area contributed by atoms with Crippen LogP contribution in [0.4, 0.5) is 4.79 Å². The molecule has 0 fully saturated rings. The molecule has 0 bridgehead atoms. The number of phenols is 1. The molecule has 3 N–H and O–H groups in total. The van der Waals surface area contributed by atoms with E-state index in [4.69, 9.17) is 4.74 Å². The van der Waals surface area contributed by atoms with Crippen molar-refractivity contribution >= 4 is 12.0 Å². The van der Waals surface area contributed by atoms with E-state index in [1.54, 1.807) is 30.6 Å². The van der Waals surface area contributed by atoms with Gasteiger partial charge in [-0.15, -0.1) is 0 Å². The Kier molecular flexibility index (Phi) is 8.45. The maximum Gasteiger partial charge on any atom is 0.407 e. The SMILES string of the molecule is CC(C)CCNC(=O)c1cc(O)ccc1C[C@H](C)NC(=O)OCc1ccncc1. The zero-order valence-electron chi connectivity index (χ0n) is 17.1. The summed E-state index contributed by atoms with van der Waals surface area (Å²) < 4.78 is 5.21. The molecule has 0 radical (unpaired) electrons. The molecule has 7 heteroatoms. The molecule has 1 atom stereocenters. The van der Waals surface area contributed by atoms with Crippen LogP contribution in [-0.4, -0.2) is 34.7 Å². The second-order valence-electron chi connectivity index (χ2n) is 7.46. The Balaban J connectivity index is 1.92. The fraction of sp³-hybridized carbons (Fsp3) is 0.409. The number of alkyl carbamates (subject to hydrolysis) is 1. The molecular weight excluding hydrogens is 370 g/mol. The standard InChI is InChI=1S/C22H29N3O4/c1-15(2)6-11-24-21(27)20-13-19(26)5-4-18(20)12-16(3)25-22(28)29-14-17-7-9-23-10-8-17/h4-5,7-10,13,15-16,26H,6,11-12,14H2,1-3H3,(H,24,27)(H,25,28)/t16-/m0/s1. The van der Waals surface area contributed by atoms with Crippen molar-refractivity contribution in [2.45, 2.75) is 46.3 Å². The number of hydrogen-bond donors (Lipinski definition) is 3. The van der Waals surface area contributed by atoms with E-state index in [9.17, 15) is 14.7 Å². The van der Waals surface area contributed by atoms with Gasteiger partial charge in [0.15, 0.2) is 0 Å². The Morgan fingerprint density at radius 1 is 1.14 bits per heavy atom. The lowest BCUT2D eigenvalue weighted by atomic mass is 9.99. The Labute approximate surface area is 171 Å². The average molecular weight is 399 g/mol. The second kappa shape index (κ2) is 11.0. The molecule has 0 unspecified atom stereocenters. The molecule has 1 aromatic carbocycles. The molecule has 0 saturated carbocycles. The summed E-state index contributed by atoms with van der Waals surface area (Å²) in [6.45, 7) is 6.74. The fourth-order valence-corrected chi connectivity index (χ4v) is 2.78. The van der Waals surface area contributed by atoms with Gasteiger partial charge < -0.3 is 20.5 Å². The molecular formula is C22H29N3O4. The minimum absolute atomic E-state index is 0.0279. The molecule has 156 valence electrons. The number of carbonyl (C=O) groups excluding carboxylic acids is 2. The van der Waals surface area contributed by atoms with Crippen LogP contribution in [-0.2, 0) is 17.8 Å². The van der Waals surface area contributed by atoms with Crippen LogP contribution in [0.15, 0.2) is 42.7 Å². The van der Waals surface area contributed by atoms with Gasteiger partial charge in [0, 0.05) is 30.5 Å². The molecule has 1 aromatic heterocycles. The molecule has 2 amide bonds. The number of amides is 2. The third-order valence-corrected chi connectivity index (χ3v) is 4.35. The van der Waals surface area contributed by atoms with Crippen molar-refractivity contribution in [1.29, 1.82) is 0 Å². The number of hydrogen-bond acceptors (Lipinski definition) is 5. The zero-order chi connectivity index (χ0) is 21.2. The van der Waals surface area contributed by atoms with Crippen LogP contribution in [0.2, 0.25) is 0 Å². The lowest BCUT2D eigenvalue weighted by molar-refractivity contribution is 0.0950. The number of benzene rings is 1. The topological polar surface area (TPSA) is 101 Å². The third-order valence-electron chi connectivity index (χ3n) is 4.35. The number of ether oxygens (including phenoxy) is 1. The smallest absolute Gasteiger partial charge is 0.407 e. The molecule has 0 aliphatic heterocycles. The summed E-state index contributed by atoms with van der Waals surface area (Å²) in [6.07, 6.45) is 4.05. The molecule has 2 rings (SSSR count). The minimum Gasteiger partial charge on any atom is -0.508 e. The lowest BCUT2D eigenvalue weighted by Crippen LogP contribution is -2.35. The molecule has 0 spiro atoms. The van der Waals surface area contributed by atoms with Crippen molar-refractivity contribution in [2.24, 2.45) is 5.92 Å². The molecule has 2 aromatic rings. The number of aromatic hydroxyl groups is 1. The summed E-state index contributed by atoms with van der Waals surface area (Å²) in [4.78, 5) is 28.5. The first-order valence-electron chi connectivity index (χ1n) is 9.77. The molecule has 1 heterocycles. The van der Waals surface area contributed by atoms with E-state index >= 15 is 0 Å². The van der Waals surface area contributed by atoms with E-state index in [1.807, 2.05) is 6.92 Å². The maximum absolute atomic E-state index is 12.5. The van der Waals surface area contributed by atoms with Gasteiger partial charge in [-0.2, -0.15) is 0 Å². The van der Waals surface area contributed by atoms with E-state index in [2.05, 4.69) is 29.5 Å². The highest BCUT2D eigenvalue weighted by atomic mass is 16.5. The van der Waals surface area contributed by atoms with Gasteiger partial charge in [0.25, 0.3) is 5.91 Å². The average Bonchev–Trinajstić information content (AvgIpc) is 2.68. The maximum atomic E-state index is 12.5. The number of nitrogens with zero attached hydrogens (tertiary/aromatic N) is 1. The highest BCUT2D eigenvalue weighted by molar-refractivity contribution is 5.96. The predicted molar refractivity (Wildman–Crippen MR) is 111 cm³/mol. The molecule has 0 aliphatic carbocycles. The van der Waals surface area contributed by atoms with Gasteiger partial charge in [-0.05, 0) is 61.1 Å². The van der Waals surface area contributed by atoms with Crippen molar-refractivity contribution in [2.75, 3.05) is 6.54 Å². The van der Waals surface area contributed by atoms with Crippen LogP contribution in [0.5, 0.6) is 5.75 Å². The van der Waals surface area contributed by atoms with Crippen molar-refractivity contribution in [3.05, 3.63) is 59.4 Å². The number of nitrogens with one attached hydrogen (secondary N) is 2. The summed E-state index contributed by atoms with van der Waals surface area (Å²) in [7, 11) is 0. The molecule has 29 heavy (non-hydrogen) atoms. The summed E-state index contributed by atoms with van der Waals surface area (Å²) in [5.41, 5.74) is 2.00. The Bertz CT molecular complexity index is 809. The Morgan fingerprint density at radius 3 is 2.55 bits per heavy atom. The quantitative estimate of drug-likeness (QED) is 0.600. The number of pyridine rings is 1. The second-order valence-corrected chi connectivity index (χ2v) is 7.46. The van der Waals surface area contributed by atoms with Crippen LogP contribution >= 0.6 is 0 Å². The Morgan fingerprint density at radius 2 is 1.86 bits per heavy atom. The van der Waals surface area contributed by atoms with Gasteiger partial charge in [0.1, 0.15) is 12.4 Å². The highest BCUT2D eigenvalue weighted by Gasteiger charge is 2.16. The lowest BCUT2D eigenvalue weighted by Gasteiger charge is -2.17. The summed E-state index contributed by atoms with van der Waals surface area (Å²) in [5, 5.41) is 15.4. The van der Waals surface area contributed by atoms with Crippen LogP contribution in [0.25, 0.3) is 0 Å². The van der Waals surface area contributed by atoms with Gasteiger partial charge in [0.05, 0.1) is 0 Å². The molecule has 7 nitrogen and oxygen atoms in total. The normalized spacial score (nSPS) is 11.7. The third kappa shape index (κ3) is 7.81. The highest BCUT2D eigenvalue weighted by Crippen LogP contribution is 2.18. The van der Waals surface area contributed by atoms with Crippen molar-refractivity contribution in [3.8, 4) is 5.75 Å². The van der Waals surface area contributed by atoms with E-state index < -0.39 is 6.09 Å². The Hall–Kier alpha value is -3.09. The van der Waals surface area contributed by atoms with Gasteiger partial charge >= 0.3 is 6.09 Å². The fourth-order valence-electron chi connectivity index (χ4n) is 2.78. The van der Waals surface area contributed by atoms with Gasteiger partial charge in [-0.3, -0.25) is 9.78 Å². The first kappa shape index (κ1) is 22.2. The van der Waals surface area contributed by atoms with Gasteiger partial charge in [-0.1, -0.05) is 19.9 Å². The first-order chi connectivity index (χ1) is 13.8. The molecule has 0 saturated heterocycles. The summed E-state index contributed by atoms with van der Waals surface area (Å²) in [6, 6.07) is 7.98. The number of phenolic OH excluding ortho intramolecular Hbond substituents is 1.